The summed E-state index contributed by atoms with van der Waals surface area (Å²) in [5, 5.41) is 10.1. The van der Waals surface area contributed by atoms with E-state index in [2.05, 4.69) is 5.32 Å². The molecule has 8 heteroatoms. The number of amides is 2. The smallest absolute Gasteiger partial charge is 0.256 e. The highest BCUT2D eigenvalue weighted by Gasteiger charge is 2.32. The molecule has 6 N–H and O–H groups in total. The summed E-state index contributed by atoms with van der Waals surface area (Å²) in [6.07, 6.45) is -0.924. The average molecular weight is 381 g/mol. The van der Waals surface area contributed by atoms with Gasteiger partial charge in [-0.2, -0.15) is 0 Å². The van der Waals surface area contributed by atoms with E-state index >= 15 is 0 Å². The zero-order valence-electron chi connectivity index (χ0n) is 15.4. The van der Waals surface area contributed by atoms with Crippen LogP contribution in [0.15, 0.2) is 48.5 Å². The number of hydrogen-bond donors (Lipinski definition) is 4. The molecule has 1 fully saturated rings. The Kier molecular flexibility index (Phi) is 6.03. The number of nitrogens with two attached hydrogens (primary N) is 2. The lowest BCUT2D eigenvalue weighted by Crippen LogP contribution is -2.49. The first kappa shape index (κ1) is 19.5. The van der Waals surface area contributed by atoms with Gasteiger partial charge in [-0.05, 0) is 42.0 Å². The lowest BCUT2D eigenvalue weighted by atomic mass is 10.1. The highest BCUT2D eigenvalue weighted by Crippen LogP contribution is 2.22. The largest absolute Gasteiger partial charge is 0.384 e. The number of hydrogen-bond acceptors (Lipinski definition) is 5. The maximum Gasteiger partial charge on any atom is 0.256 e. The highest BCUT2D eigenvalue weighted by atomic mass is 16.5. The Bertz CT molecular complexity index is 882. The van der Waals surface area contributed by atoms with E-state index in [9.17, 15) is 9.59 Å². The Balaban J connectivity index is 1.63. The van der Waals surface area contributed by atoms with Crippen LogP contribution in [0.5, 0.6) is 0 Å². The highest BCUT2D eigenvalue weighted by molar-refractivity contribution is 6.02. The fourth-order valence-electron chi connectivity index (χ4n) is 3.01. The Morgan fingerprint density at radius 3 is 2.68 bits per heavy atom. The van der Waals surface area contributed by atoms with E-state index in [0.29, 0.717) is 30.9 Å². The predicted molar refractivity (Wildman–Crippen MR) is 107 cm³/mol. The van der Waals surface area contributed by atoms with Gasteiger partial charge in [0, 0.05) is 30.0 Å². The summed E-state index contributed by atoms with van der Waals surface area (Å²) in [5.74, 6) is -0.619. The number of amidine groups is 1. The minimum absolute atomic E-state index is 0.0436. The van der Waals surface area contributed by atoms with Crippen LogP contribution in [0.3, 0.4) is 0 Å². The van der Waals surface area contributed by atoms with Gasteiger partial charge in [0.2, 0.25) is 5.91 Å². The topological polar surface area (TPSA) is 135 Å². The molecular formula is C20H23N5O3. The summed E-state index contributed by atoms with van der Waals surface area (Å²) in [6, 6.07) is 14.1. The second-order valence-electron chi connectivity index (χ2n) is 6.47. The van der Waals surface area contributed by atoms with E-state index in [-0.39, 0.29) is 24.1 Å². The first-order chi connectivity index (χ1) is 13.5. The molecule has 1 aliphatic heterocycles. The van der Waals surface area contributed by atoms with Gasteiger partial charge in [0.15, 0.2) is 0 Å². The molecule has 1 atom stereocenters. The van der Waals surface area contributed by atoms with Crippen molar-refractivity contribution in [2.75, 3.05) is 23.4 Å². The lowest BCUT2D eigenvalue weighted by Gasteiger charge is -2.32. The van der Waals surface area contributed by atoms with Gasteiger partial charge in [-0.25, -0.2) is 0 Å². The molecule has 0 spiro atoms. The molecule has 2 aromatic rings. The number of nitrogens with zero attached hydrogens (tertiary/aromatic N) is 1. The van der Waals surface area contributed by atoms with Crippen molar-refractivity contribution in [3.8, 4) is 0 Å². The molecule has 0 aliphatic carbocycles. The summed E-state index contributed by atoms with van der Waals surface area (Å²) in [7, 11) is 0. The molecule has 2 amide bonds. The number of nitrogens with one attached hydrogen (secondary N) is 2. The minimum Gasteiger partial charge on any atom is -0.384 e. The van der Waals surface area contributed by atoms with Crippen molar-refractivity contribution in [2.45, 2.75) is 19.1 Å². The molecule has 1 saturated heterocycles. The number of carbonyl (C=O) groups excluding carboxylic acids is 2. The van der Waals surface area contributed by atoms with Gasteiger partial charge in [-0.15, -0.1) is 0 Å². The summed E-state index contributed by atoms with van der Waals surface area (Å²) in [6.45, 7) is 1.17. The van der Waals surface area contributed by atoms with E-state index in [4.69, 9.17) is 21.6 Å². The van der Waals surface area contributed by atoms with Gasteiger partial charge in [-0.1, -0.05) is 12.1 Å². The van der Waals surface area contributed by atoms with Crippen LogP contribution in [-0.2, 0) is 20.9 Å². The minimum atomic E-state index is -0.841. The number of nitrogen functional groups attached to an aromatic ring is 1. The Morgan fingerprint density at radius 2 is 2.00 bits per heavy atom. The molecule has 1 heterocycles. The van der Waals surface area contributed by atoms with Crippen LogP contribution >= 0.6 is 0 Å². The van der Waals surface area contributed by atoms with Crippen LogP contribution in [-0.4, -0.2) is 36.9 Å². The molecule has 0 radical (unpaired) electrons. The van der Waals surface area contributed by atoms with Gasteiger partial charge in [0.1, 0.15) is 11.9 Å². The molecular weight excluding hydrogens is 358 g/mol. The lowest BCUT2D eigenvalue weighted by molar-refractivity contribution is -0.137. The van der Waals surface area contributed by atoms with Crippen LogP contribution in [0.1, 0.15) is 17.5 Å². The number of carbonyl (C=O) groups is 2. The number of rotatable bonds is 6. The van der Waals surface area contributed by atoms with E-state index in [1.165, 1.54) is 0 Å². The van der Waals surface area contributed by atoms with Crippen molar-refractivity contribution in [1.29, 1.82) is 5.41 Å². The molecule has 0 unspecified atom stereocenters. The van der Waals surface area contributed by atoms with Crippen LogP contribution in [0, 0.1) is 5.41 Å². The fourth-order valence-corrected chi connectivity index (χ4v) is 3.01. The summed E-state index contributed by atoms with van der Waals surface area (Å²) >= 11 is 0. The molecule has 0 saturated carbocycles. The van der Waals surface area contributed by atoms with Gasteiger partial charge in [0.25, 0.3) is 5.91 Å². The first-order valence-corrected chi connectivity index (χ1v) is 8.94. The predicted octanol–water partition coefficient (Wildman–Crippen LogP) is 1.19. The summed E-state index contributed by atoms with van der Waals surface area (Å²) in [5.41, 5.74) is 13.9. The summed E-state index contributed by atoms with van der Waals surface area (Å²) < 4.78 is 5.54. The zero-order chi connectivity index (χ0) is 20.1. The monoisotopic (exact) mass is 381 g/mol. The Labute approximate surface area is 163 Å². The molecule has 1 aliphatic rings. The average Bonchev–Trinajstić information content (AvgIpc) is 2.70. The van der Waals surface area contributed by atoms with Crippen molar-refractivity contribution in [3.63, 3.8) is 0 Å². The molecule has 28 heavy (non-hydrogen) atoms. The number of morpholine rings is 1. The van der Waals surface area contributed by atoms with Gasteiger partial charge < -0.3 is 26.4 Å². The Morgan fingerprint density at radius 1 is 1.25 bits per heavy atom. The second kappa shape index (κ2) is 8.64. The van der Waals surface area contributed by atoms with Crippen molar-refractivity contribution in [3.05, 3.63) is 59.7 Å². The third kappa shape index (κ3) is 4.54. The second-order valence-corrected chi connectivity index (χ2v) is 6.47. The number of anilines is 2. The van der Waals surface area contributed by atoms with Crippen molar-refractivity contribution < 1.29 is 14.3 Å². The van der Waals surface area contributed by atoms with E-state index in [1.807, 2.05) is 24.3 Å². The fraction of sp³-hybridized carbons (Fsp3) is 0.250. The van der Waals surface area contributed by atoms with Crippen LogP contribution in [0.4, 0.5) is 11.4 Å². The molecule has 3 rings (SSSR count). The molecule has 0 aromatic heterocycles. The van der Waals surface area contributed by atoms with Crippen LogP contribution in [0.2, 0.25) is 0 Å². The van der Waals surface area contributed by atoms with Crippen molar-refractivity contribution >= 4 is 29.0 Å². The van der Waals surface area contributed by atoms with Crippen LogP contribution in [0.25, 0.3) is 0 Å². The van der Waals surface area contributed by atoms with E-state index in [0.717, 1.165) is 11.3 Å². The molecule has 146 valence electrons. The third-order valence-electron chi connectivity index (χ3n) is 4.48. The van der Waals surface area contributed by atoms with E-state index in [1.54, 1.807) is 29.2 Å². The summed E-state index contributed by atoms with van der Waals surface area (Å²) in [4.78, 5) is 26.8. The van der Waals surface area contributed by atoms with Gasteiger partial charge >= 0.3 is 0 Å². The number of benzene rings is 2. The first-order valence-electron chi connectivity index (χ1n) is 8.94. The molecule has 8 nitrogen and oxygen atoms in total. The molecule has 2 aromatic carbocycles. The maximum atomic E-state index is 12.8. The molecule has 0 bridgehead atoms. The Hall–Kier alpha value is -3.23. The quantitative estimate of drug-likeness (QED) is 0.440. The number of ether oxygens (including phenoxy) is 1. The van der Waals surface area contributed by atoms with Gasteiger partial charge in [0.05, 0.1) is 13.0 Å². The third-order valence-corrected chi connectivity index (χ3v) is 4.48. The van der Waals surface area contributed by atoms with Crippen molar-refractivity contribution in [2.24, 2.45) is 11.5 Å². The zero-order valence-corrected chi connectivity index (χ0v) is 15.4. The standard InChI is InChI=1S/C20H23N5O3/c21-12-13-2-1-3-16(10-13)25-8-9-28-17(20(25)27)11-18(26)24-15-6-4-14(5-7-15)19(22)23/h1-7,10,17H,8-9,11-12,21H2,(H3,22,23)(H,24,26)/t17-/m1/s1. The van der Waals surface area contributed by atoms with E-state index < -0.39 is 6.10 Å². The normalized spacial score (nSPS) is 16.7. The van der Waals surface area contributed by atoms with Crippen molar-refractivity contribution in [1.82, 2.24) is 0 Å². The van der Waals surface area contributed by atoms with Gasteiger partial charge in [-0.3, -0.25) is 15.0 Å². The SMILES string of the molecule is N=C(N)c1ccc(NC(=O)C[C@H]2OCCN(c3cccc(CN)c3)C2=O)cc1. The van der Waals surface area contributed by atoms with Crippen LogP contribution < -0.4 is 21.7 Å². The maximum absolute atomic E-state index is 12.8.